The Morgan fingerprint density at radius 2 is 1.00 bits per heavy atom. The summed E-state index contributed by atoms with van der Waals surface area (Å²) < 4.78 is 0. The summed E-state index contributed by atoms with van der Waals surface area (Å²) in [5.41, 5.74) is 1.19. The summed E-state index contributed by atoms with van der Waals surface area (Å²) in [7, 11) is 0. The summed E-state index contributed by atoms with van der Waals surface area (Å²) in [6.45, 7) is 6.79. The molecule has 4 heteroatoms. The summed E-state index contributed by atoms with van der Waals surface area (Å²) in [6, 6.07) is 11.0. The van der Waals surface area contributed by atoms with E-state index in [-0.39, 0.29) is 0 Å². The van der Waals surface area contributed by atoms with Crippen LogP contribution in [-0.4, -0.2) is 10.2 Å². The van der Waals surface area contributed by atoms with Crippen LogP contribution in [0.25, 0.3) is 11.1 Å². The number of rotatable bonds is 3. The first-order valence-corrected chi connectivity index (χ1v) is 7.81. The molecule has 0 unspecified atom stereocenters. The van der Waals surface area contributed by atoms with E-state index in [9.17, 15) is 10.2 Å². The molecule has 0 aliphatic rings. The molecule has 2 nitrogen and oxygen atoms in total. The van der Waals surface area contributed by atoms with Crippen molar-refractivity contribution < 1.29 is 10.2 Å². The number of aliphatic hydroxyl groups is 2. The summed E-state index contributed by atoms with van der Waals surface area (Å²) >= 11 is 12.5. The van der Waals surface area contributed by atoms with E-state index < -0.39 is 11.2 Å². The molecule has 0 saturated heterocycles. The summed E-state index contributed by atoms with van der Waals surface area (Å²) in [5, 5.41) is 21.2. The van der Waals surface area contributed by atoms with Crippen molar-refractivity contribution in [1.29, 1.82) is 0 Å². The first kappa shape index (κ1) is 17.3. The molecule has 0 aromatic heterocycles. The average Bonchev–Trinajstić information content (AvgIpc) is 2.35. The van der Waals surface area contributed by atoms with E-state index in [1.165, 1.54) is 0 Å². The Morgan fingerprint density at radius 3 is 1.23 bits per heavy atom. The van der Waals surface area contributed by atoms with Crippen molar-refractivity contribution in [2.45, 2.75) is 38.9 Å². The van der Waals surface area contributed by atoms with Gasteiger partial charge < -0.3 is 10.2 Å². The molecule has 0 spiro atoms. The first-order valence-electron chi connectivity index (χ1n) is 7.05. The largest absolute Gasteiger partial charge is 0.386 e. The van der Waals surface area contributed by atoms with Gasteiger partial charge in [-0.1, -0.05) is 47.5 Å². The van der Waals surface area contributed by atoms with Crippen molar-refractivity contribution in [2.75, 3.05) is 0 Å². The molecule has 2 aromatic carbocycles. The monoisotopic (exact) mass is 338 g/mol. The maximum absolute atomic E-state index is 10.1. The van der Waals surface area contributed by atoms with Gasteiger partial charge >= 0.3 is 0 Å². The normalized spacial score (nSPS) is 12.5. The molecule has 0 radical (unpaired) electrons. The molecular weight excluding hydrogens is 319 g/mol. The summed E-state index contributed by atoms with van der Waals surface area (Å²) in [5.74, 6) is 0. The molecule has 0 saturated carbocycles. The molecule has 2 aromatic rings. The molecule has 0 heterocycles. The fourth-order valence-electron chi connectivity index (χ4n) is 2.38. The highest BCUT2D eigenvalue weighted by molar-refractivity contribution is 6.32. The van der Waals surface area contributed by atoms with Gasteiger partial charge in [-0.2, -0.15) is 0 Å². The van der Waals surface area contributed by atoms with Crippen molar-refractivity contribution in [3.8, 4) is 11.1 Å². The van der Waals surface area contributed by atoms with E-state index in [0.29, 0.717) is 21.2 Å². The Morgan fingerprint density at radius 1 is 0.682 bits per heavy atom. The van der Waals surface area contributed by atoms with Crippen LogP contribution in [-0.2, 0) is 11.2 Å². The second kappa shape index (κ2) is 5.86. The zero-order valence-electron chi connectivity index (χ0n) is 13.1. The molecule has 0 atom stereocenters. The minimum absolute atomic E-state index is 0.507. The Bertz CT molecular complexity index is 634. The maximum Gasteiger partial charge on any atom is 0.0854 e. The van der Waals surface area contributed by atoms with E-state index in [2.05, 4.69) is 0 Å². The van der Waals surface area contributed by atoms with Crippen LogP contribution >= 0.6 is 23.2 Å². The summed E-state index contributed by atoms with van der Waals surface area (Å²) in [6.07, 6.45) is 0. The average molecular weight is 339 g/mol. The van der Waals surface area contributed by atoms with Crippen molar-refractivity contribution in [2.24, 2.45) is 0 Å². The highest BCUT2D eigenvalue weighted by Crippen LogP contribution is 2.35. The predicted octanol–water partition coefficient (Wildman–Crippen LogP) is 5.12. The predicted molar refractivity (Wildman–Crippen MR) is 92.4 cm³/mol. The van der Waals surface area contributed by atoms with E-state index in [0.717, 1.165) is 11.1 Å². The molecule has 2 N–H and O–H groups in total. The van der Waals surface area contributed by atoms with Crippen LogP contribution in [0.15, 0.2) is 36.4 Å². The molecule has 0 aliphatic carbocycles. The Labute approximate surface area is 141 Å². The lowest BCUT2D eigenvalue weighted by atomic mass is 9.93. The van der Waals surface area contributed by atoms with Crippen LogP contribution < -0.4 is 0 Å². The van der Waals surface area contributed by atoms with Crippen molar-refractivity contribution in [3.63, 3.8) is 0 Å². The maximum atomic E-state index is 10.1. The highest BCUT2D eigenvalue weighted by Gasteiger charge is 2.21. The standard InChI is InChI=1S/C18H20Cl2O2/c1-17(2,21)13-7-5-11(9-15(13)19)12-6-8-14(16(20)10-12)18(3,4)22/h5-10,21-22H,1-4H3. The first-order chi connectivity index (χ1) is 10.00. The van der Waals surface area contributed by atoms with Crippen LogP contribution in [0.3, 0.4) is 0 Å². The van der Waals surface area contributed by atoms with Gasteiger partial charge in [0.15, 0.2) is 0 Å². The fraction of sp³-hybridized carbons (Fsp3) is 0.333. The lowest BCUT2D eigenvalue weighted by molar-refractivity contribution is 0.0781. The second-order valence-corrected chi connectivity index (χ2v) is 7.32. The Hall–Kier alpha value is -1.06. The number of halogens is 2. The van der Waals surface area contributed by atoms with Crippen LogP contribution in [0.5, 0.6) is 0 Å². The number of hydrogen-bond donors (Lipinski definition) is 2. The van der Waals surface area contributed by atoms with Gasteiger partial charge in [-0.25, -0.2) is 0 Å². The minimum Gasteiger partial charge on any atom is -0.386 e. The van der Waals surface area contributed by atoms with Gasteiger partial charge in [0, 0.05) is 21.2 Å². The SMILES string of the molecule is CC(C)(O)c1ccc(-c2ccc(C(C)(C)O)c(Cl)c2)cc1Cl. The minimum atomic E-state index is -0.988. The Kier molecular flexibility index (Phi) is 4.61. The smallest absolute Gasteiger partial charge is 0.0854 e. The molecule has 2 rings (SSSR count). The molecular formula is C18H20Cl2O2. The van der Waals surface area contributed by atoms with Gasteiger partial charge in [0.1, 0.15) is 0 Å². The van der Waals surface area contributed by atoms with Gasteiger partial charge in [-0.05, 0) is 51.0 Å². The zero-order chi connectivity index (χ0) is 16.7. The molecule has 0 bridgehead atoms. The molecule has 22 heavy (non-hydrogen) atoms. The van der Waals surface area contributed by atoms with Gasteiger partial charge in [-0.15, -0.1) is 0 Å². The van der Waals surface area contributed by atoms with Gasteiger partial charge in [0.05, 0.1) is 11.2 Å². The lowest BCUT2D eigenvalue weighted by Crippen LogP contribution is -2.16. The quantitative estimate of drug-likeness (QED) is 0.815. The van der Waals surface area contributed by atoms with Gasteiger partial charge in [-0.3, -0.25) is 0 Å². The zero-order valence-corrected chi connectivity index (χ0v) is 14.6. The molecule has 0 aliphatic heterocycles. The van der Waals surface area contributed by atoms with Crippen molar-refractivity contribution >= 4 is 23.2 Å². The van der Waals surface area contributed by atoms with Crippen LogP contribution in [0, 0.1) is 0 Å². The van der Waals surface area contributed by atoms with Crippen LogP contribution in [0.1, 0.15) is 38.8 Å². The highest BCUT2D eigenvalue weighted by atomic mass is 35.5. The van der Waals surface area contributed by atoms with E-state index in [1.807, 2.05) is 36.4 Å². The van der Waals surface area contributed by atoms with E-state index in [4.69, 9.17) is 23.2 Å². The molecule has 0 fully saturated rings. The topological polar surface area (TPSA) is 40.5 Å². The molecule has 0 amide bonds. The second-order valence-electron chi connectivity index (χ2n) is 6.51. The Balaban J connectivity index is 2.46. The van der Waals surface area contributed by atoms with E-state index in [1.54, 1.807) is 27.7 Å². The van der Waals surface area contributed by atoms with Gasteiger partial charge in [0.25, 0.3) is 0 Å². The third-order valence-corrected chi connectivity index (χ3v) is 4.22. The number of hydrogen-bond acceptors (Lipinski definition) is 2. The number of benzene rings is 2. The summed E-state index contributed by atoms with van der Waals surface area (Å²) in [4.78, 5) is 0. The third kappa shape index (κ3) is 3.64. The lowest BCUT2D eigenvalue weighted by Gasteiger charge is -2.21. The van der Waals surface area contributed by atoms with Crippen molar-refractivity contribution in [1.82, 2.24) is 0 Å². The van der Waals surface area contributed by atoms with Crippen LogP contribution in [0.4, 0.5) is 0 Å². The molecule has 118 valence electrons. The van der Waals surface area contributed by atoms with Crippen molar-refractivity contribution in [3.05, 3.63) is 57.6 Å². The van der Waals surface area contributed by atoms with E-state index >= 15 is 0 Å². The fourth-order valence-corrected chi connectivity index (χ4v) is 3.21. The van der Waals surface area contributed by atoms with Crippen LogP contribution in [0.2, 0.25) is 10.0 Å². The van der Waals surface area contributed by atoms with Gasteiger partial charge in [0.2, 0.25) is 0 Å². The third-order valence-electron chi connectivity index (χ3n) is 3.59.